The molecule has 2 aromatic carbocycles. The third kappa shape index (κ3) is 5.46. The maximum atomic E-state index is 12.3. The molecular weight excluding hydrogens is 386 g/mol. The quantitative estimate of drug-likeness (QED) is 0.435. The molecule has 152 valence electrons. The minimum absolute atomic E-state index is 0.0466. The van der Waals surface area contributed by atoms with Crippen LogP contribution in [0.3, 0.4) is 0 Å². The molecule has 0 aromatic heterocycles. The van der Waals surface area contributed by atoms with E-state index in [0.717, 1.165) is 23.5 Å². The van der Waals surface area contributed by atoms with Crippen LogP contribution in [0, 0.1) is 10.1 Å². The van der Waals surface area contributed by atoms with Crippen LogP contribution in [0.5, 0.6) is 0 Å². The van der Waals surface area contributed by atoms with E-state index in [-0.39, 0.29) is 16.5 Å². The first-order chi connectivity index (χ1) is 14.0. The van der Waals surface area contributed by atoms with E-state index in [9.17, 15) is 14.9 Å². The van der Waals surface area contributed by atoms with Gasteiger partial charge < -0.3 is 10.2 Å². The lowest BCUT2D eigenvalue weighted by Gasteiger charge is -2.26. The summed E-state index contributed by atoms with van der Waals surface area (Å²) in [5.74, 6) is 0.259. The average molecular weight is 412 g/mol. The Hall–Kier alpha value is -2.64. The molecule has 0 spiro atoms. The largest absolute Gasteiger partial charge is 0.337 e. The summed E-state index contributed by atoms with van der Waals surface area (Å²) in [6.45, 7) is 7.14. The van der Waals surface area contributed by atoms with Crippen molar-refractivity contribution in [1.29, 1.82) is 0 Å². The first-order valence-electron chi connectivity index (χ1n) is 9.68. The Morgan fingerprint density at radius 3 is 2.59 bits per heavy atom. The van der Waals surface area contributed by atoms with Gasteiger partial charge in [0.15, 0.2) is 0 Å². The zero-order chi connectivity index (χ0) is 20.8. The predicted octanol–water partition coefficient (Wildman–Crippen LogP) is 4.31. The first kappa shape index (κ1) is 21.1. The third-order valence-electron chi connectivity index (χ3n) is 4.79. The molecule has 1 aliphatic heterocycles. The van der Waals surface area contributed by atoms with Gasteiger partial charge in [0.05, 0.1) is 9.82 Å². The Balaban J connectivity index is 1.81. The molecule has 1 saturated heterocycles. The number of benzene rings is 2. The molecule has 1 N–H and O–H groups in total. The molecule has 0 bridgehead atoms. The number of rotatable bonds is 6. The Morgan fingerprint density at radius 2 is 1.90 bits per heavy atom. The molecule has 2 aromatic rings. The minimum atomic E-state index is -0.365. The number of hydrogen-bond donors (Lipinski definition) is 1. The van der Waals surface area contributed by atoms with Crippen LogP contribution in [0.15, 0.2) is 58.3 Å². The van der Waals surface area contributed by atoms with Crippen molar-refractivity contribution in [3.05, 3.63) is 69.8 Å². The highest BCUT2D eigenvalue weighted by Gasteiger charge is 2.18. The van der Waals surface area contributed by atoms with Crippen molar-refractivity contribution in [1.82, 2.24) is 10.2 Å². The number of piperazine rings is 1. The summed E-state index contributed by atoms with van der Waals surface area (Å²) >= 11 is 1.41. The van der Waals surface area contributed by atoms with Gasteiger partial charge in [0.1, 0.15) is 0 Å². The molecule has 0 aliphatic carbocycles. The summed E-state index contributed by atoms with van der Waals surface area (Å²) in [6, 6.07) is 13.1. The van der Waals surface area contributed by atoms with Crippen LogP contribution >= 0.6 is 11.8 Å². The smallest absolute Gasteiger partial charge is 0.283 e. The van der Waals surface area contributed by atoms with Gasteiger partial charge >= 0.3 is 0 Å². The van der Waals surface area contributed by atoms with Gasteiger partial charge in [-0.15, -0.1) is 0 Å². The zero-order valence-corrected chi connectivity index (χ0v) is 17.4. The van der Waals surface area contributed by atoms with E-state index < -0.39 is 0 Å². The number of nitro groups is 1. The first-order valence-corrected chi connectivity index (χ1v) is 10.5. The summed E-state index contributed by atoms with van der Waals surface area (Å²) < 4.78 is 0. The van der Waals surface area contributed by atoms with Gasteiger partial charge in [0, 0.05) is 43.2 Å². The summed E-state index contributed by atoms with van der Waals surface area (Å²) in [4.78, 5) is 26.9. The normalized spacial score (nSPS) is 14.5. The Kier molecular flexibility index (Phi) is 7.06. The van der Waals surface area contributed by atoms with Crippen LogP contribution in [0.1, 0.15) is 30.9 Å². The van der Waals surface area contributed by atoms with Gasteiger partial charge in [0.2, 0.25) is 5.91 Å². The average Bonchev–Trinajstić information content (AvgIpc) is 2.73. The molecule has 6 nitrogen and oxygen atoms in total. The van der Waals surface area contributed by atoms with Gasteiger partial charge in [-0.25, -0.2) is 0 Å². The Bertz CT molecular complexity index is 921. The Labute approximate surface area is 175 Å². The van der Waals surface area contributed by atoms with Crippen molar-refractivity contribution >= 4 is 29.4 Å². The highest BCUT2D eigenvalue weighted by atomic mass is 32.2. The fourth-order valence-electron chi connectivity index (χ4n) is 3.19. The van der Waals surface area contributed by atoms with Crippen LogP contribution in [0.2, 0.25) is 0 Å². The molecule has 0 saturated carbocycles. The fraction of sp³-hybridized carbons (Fsp3) is 0.318. The second kappa shape index (κ2) is 9.71. The van der Waals surface area contributed by atoms with E-state index in [4.69, 9.17) is 0 Å². The third-order valence-corrected chi connectivity index (χ3v) is 5.94. The van der Waals surface area contributed by atoms with Crippen LogP contribution in [0.25, 0.3) is 6.08 Å². The fourth-order valence-corrected chi connectivity index (χ4v) is 4.37. The lowest BCUT2D eigenvalue weighted by atomic mass is 10.0. The number of carbonyl (C=O) groups is 1. The highest BCUT2D eigenvalue weighted by Crippen LogP contribution is 2.38. The van der Waals surface area contributed by atoms with Crippen LogP contribution in [-0.2, 0) is 4.79 Å². The summed E-state index contributed by atoms with van der Waals surface area (Å²) in [5.41, 5.74) is 1.85. The lowest BCUT2D eigenvalue weighted by Crippen LogP contribution is -2.45. The maximum absolute atomic E-state index is 12.3. The van der Waals surface area contributed by atoms with E-state index in [2.05, 4.69) is 25.2 Å². The molecule has 0 atom stereocenters. The summed E-state index contributed by atoms with van der Waals surface area (Å²) in [6.07, 6.45) is 3.14. The van der Waals surface area contributed by atoms with Crippen LogP contribution in [-0.4, -0.2) is 41.9 Å². The van der Waals surface area contributed by atoms with Crippen molar-refractivity contribution < 1.29 is 9.72 Å². The highest BCUT2D eigenvalue weighted by molar-refractivity contribution is 7.99. The molecule has 1 heterocycles. The summed E-state index contributed by atoms with van der Waals surface area (Å²) in [7, 11) is 0. The number of hydrogen-bond acceptors (Lipinski definition) is 5. The maximum Gasteiger partial charge on any atom is 0.283 e. The van der Waals surface area contributed by atoms with Crippen molar-refractivity contribution in [3.8, 4) is 0 Å². The van der Waals surface area contributed by atoms with Gasteiger partial charge in [0.25, 0.3) is 5.69 Å². The predicted molar refractivity (Wildman–Crippen MR) is 116 cm³/mol. The lowest BCUT2D eigenvalue weighted by molar-refractivity contribution is -0.387. The zero-order valence-electron chi connectivity index (χ0n) is 16.6. The van der Waals surface area contributed by atoms with Crippen LogP contribution in [0.4, 0.5) is 5.69 Å². The van der Waals surface area contributed by atoms with Gasteiger partial charge in [-0.3, -0.25) is 14.9 Å². The van der Waals surface area contributed by atoms with Crippen molar-refractivity contribution in [2.24, 2.45) is 0 Å². The molecule has 29 heavy (non-hydrogen) atoms. The van der Waals surface area contributed by atoms with E-state index in [1.54, 1.807) is 17.0 Å². The SMILES string of the molecule is CC(C)c1ccccc1Sc1ccc(/C=C/C(=O)N2CCNCC2)cc1[N+](=O)[O-]. The van der Waals surface area contributed by atoms with E-state index in [1.165, 1.54) is 23.9 Å². The molecule has 0 unspecified atom stereocenters. The molecule has 1 fully saturated rings. The second-order valence-electron chi connectivity index (χ2n) is 7.19. The van der Waals surface area contributed by atoms with Crippen LogP contribution < -0.4 is 5.32 Å². The molecule has 1 aliphatic rings. The number of carbonyl (C=O) groups excluding carboxylic acids is 1. The van der Waals surface area contributed by atoms with E-state index >= 15 is 0 Å². The standard InChI is InChI=1S/C22H25N3O3S/c1-16(2)18-5-3-4-6-20(18)29-21-9-7-17(15-19(21)25(27)28)8-10-22(26)24-13-11-23-12-14-24/h3-10,15-16,23H,11-14H2,1-2H3/b10-8+. The molecule has 1 amide bonds. The van der Waals surface area contributed by atoms with Crippen molar-refractivity contribution in [3.63, 3.8) is 0 Å². The van der Waals surface area contributed by atoms with Gasteiger partial charge in [-0.1, -0.05) is 49.9 Å². The molecule has 7 heteroatoms. The number of nitrogens with zero attached hydrogens (tertiary/aromatic N) is 2. The minimum Gasteiger partial charge on any atom is -0.337 e. The van der Waals surface area contributed by atoms with E-state index in [0.29, 0.717) is 29.5 Å². The topological polar surface area (TPSA) is 75.5 Å². The number of nitro benzene ring substituents is 1. The molecule has 0 radical (unpaired) electrons. The van der Waals surface area contributed by atoms with Gasteiger partial charge in [-0.2, -0.15) is 0 Å². The number of amides is 1. The second-order valence-corrected chi connectivity index (χ2v) is 8.27. The van der Waals surface area contributed by atoms with Crippen molar-refractivity contribution in [2.45, 2.75) is 29.6 Å². The Morgan fingerprint density at radius 1 is 1.17 bits per heavy atom. The van der Waals surface area contributed by atoms with Gasteiger partial charge in [-0.05, 0) is 35.3 Å². The molecular formula is C22H25N3O3S. The number of nitrogens with one attached hydrogen (secondary N) is 1. The van der Waals surface area contributed by atoms with Crippen molar-refractivity contribution in [2.75, 3.05) is 26.2 Å². The monoisotopic (exact) mass is 411 g/mol. The van der Waals surface area contributed by atoms with E-state index in [1.807, 2.05) is 24.3 Å². The molecule has 3 rings (SSSR count). The summed E-state index contributed by atoms with van der Waals surface area (Å²) in [5, 5.41) is 14.9.